The van der Waals surface area contributed by atoms with Crippen molar-refractivity contribution in [3.63, 3.8) is 0 Å². The predicted octanol–water partition coefficient (Wildman–Crippen LogP) is 2.32. The van der Waals surface area contributed by atoms with Crippen molar-refractivity contribution in [2.45, 2.75) is 46.1 Å². The fourth-order valence-corrected chi connectivity index (χ4v) is 2.67. The second-order valence-corrected chi connectivity index (χ2v) is 6.39. The van der Waals surface area contributed by atoms with Crippen molar-refractivity contribution >= 4 is 34.5 Å². The first-order chi connectivity index (χ1) is 8.86. The number of halogens is 1. The molecule has 110 valence electrons. The summed E-state index contributed by atoms with van der Waals surface area (Å²) in [4.78, 5) is 25.6. The van der Waals surface area contributed by atoms with Crippen LogP contribution in [0.4, 0.5) is 0 Å². The highest BCUT2D eigenvalue weighted by Crippen LogP contribution is 2.19. The van der Waals surface area contributed by atoms with Crippen molar-refractivity contribution < 1.29 is 19.1 Å². The maximum absolute atomic E-state index is 11.9. The molecule has 5 nitrogen and oxygen atoms in total. The molecule has 0 aliphatic carbocycles. The van der Waals surface area contributed by atoms with Crippen LogP contribution in [0.1, 0.15) is 40.0 Å². The van der Waals surface area contributed by atoms with E-state index >= 15 is 0 Å². The van der Waals surface area contributed by atoms with Crippen LogP contribution in [0.3, 0.4) is 0 Å². The zero-order valence-electron chi connectivity index (χ0n) is 11.8. The van der Waals surface area contributed by atoms with Gasteiger partial charge in [0.25, 0.3) is 0 Å². The van der Waals surface area contributed by atoms with Crippen LogP contribution in [0.25, 0.3) is 0 Å². The number of piperidine rings is 1. The van der Waals surface area contributed by atoms with Gasteiger partial charge < -0.3 is 9.47 Å². The van der Waals surface area contributed by atoms with E-state index in [0.29, 0.717) is 0 Å². The molecular weight excluding hydrogens is 361 g/mol. The molecule has 6 heteroatoms. The van der Waals surface area contributed by atoms with E-state index in [1.807, 2.05) is 0 Å². The van der Waals surface area contributed by atoms with Crippen molar-refractivity contribution in [1.82, 2.24) is 4.90 Å². The number of esters is 2. The van der Waals surface area contributed by atoms with Crippen molar-refractivity contribution in [3.8, 4) is 0 Å². The first-order valence-electron chi connectivity index (χ1n) is 6.50. The summed E-state index contributed by atoms with van der Waals surface area (Å²) in [6, 6.07) is -0.195. The van der Waals surface area contributed by atoms with Gasteiger partial charge in [-0.25, -0.2) is 0 Å². The molecule has 0 aromatic carbocycles. The van der Waals surface area contributed by atoms with Gasteiger partial charge in [-0.2, -0.15) is 0 Å². The SMILES string of the molecule is CC(C)(C)C(=O)OCOC(=O)C1CCCCN1CI. The molecule has 0 radical (unpaired) electrons. The lowest BCUT2D eigenvalue weighted by Crippen LogP contribution is -2.44. The number of hydrogen-bond acceptors (Lipinski definition) is 5. The number of carbonyl (C=O) groups excluding carboxylic acids is 2. The number of likely N-dealkylation sites (tertiary alicyclic amines) is 1. The molecule has 1 aliphatic rings. The maximum atomic E-state index is 11.9. The van der Waals surface area contributed by atoms with Crippen molar-refractivity contribution in [2.75, 3.05) is 17.9 Å². The minimum atomic E-state index is -0.578. The lowest BCUT2D eigenvalue weighted by molar-refractivity contribution is -0.176. The van der Waals surface area contributed by atoms with Gasteiger partial charge in [0.05, 0.1) is 9.97 Å². The lowest BCUT2D eigenvalue weighted by Gasteiger charge is -2.32. The van der Waals surface area contributed by atoms with E-state index in [-0.39, 0.29) is 24.8 Å². The quantitative estimate of drug-likeness (QED) is 0.245. The van der Waals surface area contributed by atoms with Crippen LogP contribution in [0.5, 0.6) is 0 Å². The van der Waals surface area contributed by atoms with Gasteiger partial charge in [-0.05, 0) is 40.2 Å². The van der Waals surface area contributed by atoms with E-state index in [0.717, 1.165) is 30.4 Å². The van der Waals surface area contributed by atoms with Crippen LogP contribution in [0.15, 0.2) is 0 Å². The van der Waals surface area contributed by atoms with Gasteiger partial charge in [0.1, 0.15) is 6.04 Å². The average molecular weight is 383 g/mol. The Kier molecular flexibility index (Phi) is 6.52. The fraction of sp³-hybridized carbons (Fsp3) is 0.846. The van der Waals surface area contributed by atoms with Crippen LogP contribution in [0, 0.1) is 5.41 Å². The summed E-state index contributed by atoms with van der Waals surface area (Å²) in [5.41, 5.74) is -0.578. The van der Waals surface area contributed by atoms with Crippen LogP contribution < -0.4 is 0 Å². The van der Waals surface area contributed by atoms with Crippen molar-refractivity contribution in [1.29, 1.82) is 0 Å². The summed E-state index contributed by atoms with van der Waals surface area (Å²) < 4.78 is 10.8. The summed E-state index contributed by atoms with van der Waals surface area (Å²) in [5, 5.41) is 0. The molecule has 1 heterocycles. The van der Waals surface area contributed by atoms with Gasteiger partial charge in [-0.15, -0.1) is 0 Å². The van der Waals surface area contributed by atoms with Gasteiger partial charge in [0.15, 0.2) is 0 Å². The molecule has 0 bridgehead atoms. The first kappa shape index (κ1) is 16.7. The molecule has 1 rings (SSSR count). The minimum Gasteiger partial charge on any atom is -0.427 e. The molecular formula is C13H22INO4. The van der Waals surface area contributed by atoms with Gasteiger partial charge in [-0.3, -0.25) is 14.5 Å². The molecule has 1 fully saturated rings. The summed E-state index contributed by atoms with van der Waals surface area (Å²) >= 11 is 2.25. The van der Waals surface area contributed by atoms with Gasteiger partial charge in [0, 0.05) is 0 Å². The monoisotopic (exact) mass is 383 g/mol. The number of nitrogens with zero attached hydrogens (tertiary/aromatic N) is 1. The zero-order valence-corrected chi connectivity index (χ0v) is 13.9. The summed E-state index contributed by atoms with van der Waals surface area (Å²) in [5.74, 6) is -0.659. The van der Waals surface area contributed by atoms with Gasteiger partial charge >= 0.3 is 11.9 Å². The zero-order chi connectivity index (χ0) is 14.5. The van der Waals surface area contributed by atoms with E-state index in [1.54, 1.807) is 20.8 Å². The Morgan fingerprint density at radius 3 is 2.53 bits per heavy atom. The van der Waals surface area contributed by atoms with Crippen LogP contribution >= 0.6 is 22.6 Å². The molecule has 0 spiro atoms. The number of rotatable bonds is 4. The Morgan fingerprint density at radius 2 is 1.95 bits per heavy atom. The molecule has 0 aromatic heterocycles. The summed E-state index contributed by atoms with van der Waals surface area (Å²) in [6.45, 7) is 5.91. The smallest absolute Gasteiger partial charge is 0.326 e. The molecule has 0 N–H and O–H groups in total. The topological polar surface area (TPSA) is 55.8 Å². The summed E-state index contributed by atoms with van der Waals surface area (Å²) in [7, 11) is 0. The number of carbonyl (C=O) groups is 2. The fourth-order valence-electron chi connectivity index (χ4n) is 1.85. The molecule has 1 atom stereocenters. The predicted molar refractivity (Wildman–Crippen MR) is 79.7 cm³/mol. The van der Waals surface area contributed by atoms with Crippen molar-refractivity contribution in [2.24, 2.45) is 5.41 Å². The third-order valence-electron chi connectivity index (χ3n) is 3.04. The molecule has 0 amide bonds. The number of hydrogen-bond donors (Lipinski definition) is 0. The van der Waals surface area contributed by atoms with E-state index in [9.17, 15) is 9.59 Å². The Bertz CT molecular complexity index is 327. The first-order valence-corrected chi connectivity index (χ1v) is 8.02. The molecule has 1 saturated heterocycles. The molecule has 0 saturated carbocycles. The average Bonchev–Trinajstić information content (AvgIpc) is 2.37. The van der Waals surface area contributed by atoms with E-state index in [2.05, 4.69) is 27.5 Å². The Labute approximate surface area is 128 Å². The van der Waals surface area contributed by atoms with Crippen LogP contribution in [-0.2, 0) is 19.1 Å². The highest BCUT2D eigenvalue weighted by molar-refractivity contribution is 14.1. The van der Waals surface area contributed by atoms with Crippen molar-refractivity contribution in [3.05, 3.63) is 0 Å². The molecule has 1 aliphatic heterocycles. The highest BCUT2D eigenvalue weighted by atomic mass is 127. The Balaban J connectivity index is 2.36. The van der Waals surface area contributed by atoms with E-state index in [4.69, 9.17) is 9.47 Å². The second-order valence-electron chi connectivity index (χ2n) is 5.71. The van der Waals surface area contributed by atoms with Crippen LogP contribution in [-0.4, -0.2) is 40.8 Å². The maximum Gasteiger partial charge on any atom is 0.326 e. The highest BCUT2D eigenvalue weighted by Gasteiger charge is 2.30. The third kappa shape index (κ3) is 5.25. The standard InChI is InChI=1S/C13H22INO4/c1-13(2,3)12(17)19-9-18-11(16)10-6-4-5-7-15(10)8-14/h10H,4-9H2,1-3H3. The van der Waals surface area contributed by atoms with E-state index < -0.39 is 5.41 Å². The molecule has 19 heavy (non-hydrogen) atoms. The third-order valence-corrected chi connectivity index (χ3v) is 3.92. The van der Waals surface area contributed by atoms with Gasteiger partial charge in [0.2, 0.25) is 6.79 Å². The normalized spacial score (nSPS) is 20.9. The lowest BCUT2D eigenvalue weighted by atomic mass is 9.98. The Hall–Kier alpha value is -0.370. The minimum absolute atomic E-state index is 0.195. The largest absolute Gasteiger partial charge is 0.427 e. The van der Waals surface area contributed by atoms with E-state index in [1.165, 1.54) is 0 Å². The number of ether oxygens (including phenoxy) is 2. The summed E-state index contributed by atoms with van der Waals surface area (Å²) in [6.07, 6.45) is 2.97. The molecule has 0 aromatic rings. The number of alkyl halides is 1. The Morgan fingerprint density at radius 1 is 1.26 bits per heavy atom. The van der Waals surface area contributed by atoms with Crippen LogP contribution in [0.2, 0.25) is 0 Å². The second kappa shape index (κ2) is 7.42. The van der Waals surface area contributed by atoms with Gasteiger partial charge in [-0.1, -0.05) is 29.0 Å². The molecule has 1 unspecified atom stereocenters.